The number of aryl methyl sites for hydroxylation is 1. The van der Waals surface area contributed by atoms with Crippen molar-refractivity contribution < 1.29 is 4.79 Å². The van der Waals surface area contributed by atoms with Crippen LogP contribution in [0.25, 0.3) is 0 Å². The molecule has 2 rings (SSSR count). The molecule has 1 aromatic heterocycles. The van der Waals surface area contributed by atoms with Crippen molar-refractivity contribution in [3.8, 4) is 0 Å². The average molecular weight is 402 g/mol. The number of carbonyl (C=O) groups excluding carboxylic acids is 1. The summed E-state index contributed by atoms with van der Waals surface area (Å²) in [6, 6.07) is 7.27. The molecule has 2 aromatic rings. The summed E-state index contributed by atoms with van der Waals surface area (Å²) < 4.78 is 0. The summed E-state index contributed by atoms with van der Waals surface area (Å²) in [5.41, 5.74) is 19.6. The predicted octanol–water partition coefficient (Wildman–Crippen LogP) is 1.88. The third-order valence-electron chi connectivity index (χ3n) is 3.90. The maximum atomic E-state index is 12.1. The SMILES string of the molecule is CN/C(N)=C/C=C(\N)CCCCc1nnc(NC(=O)Cc2cccc(N)c2)s1. The first-order chi connectivity index (χ1) is 13.5. The minimum absolute atomic E-state index is 0.139. The molecule has 0 aliphatic carbocycles. The molecule has 8 N–H and O–H groups in total. The number of nitrogens with two attached hydrogens (primary N) is 3. The maximum absolute atomic E-state index is 12.1. The molecule has 0 saturated carbocycles. The van der Waals surface area contributed by atoms with Crippen molar-refractivity contribution in [3.63, 3.8) is 0 Å². The van der Waals surface area contributed by atoms with E-state index >= 15 is 0 Å². The Labute approximate surface area is 168 Å². The van der Waals surface area contributed by atoms with Crippen molar-refractivity contribution in [3.05, 3.63) is 58.5 Å². The third kappa shape index (κ3) is 7.67. The van der Waals surface area contributed by atoms with Crippen LogP contribution >= 0.6 is 11.3 Å². The van der Waals surface area contributed by atoms with E-state index in [1.54, 1.807) is 25.3 Å². The van der Waals surface area contributed by atoms with Crippen LogP contribution in [0.3, 0.4) is 0 Å². The highest BCUT2D eigenvalue weighted by molar-refractivity contribution is 7.15. The van der Waals surface area contributed by atoms with Gasteiger partial charge in [-0.1, -0.05) is 23.5 Å². The Bertz CT molecular complexity index is 844. The standard InChI is InChI=1S/C19H27N7OS/c1-23-16(22)10-9-14(20)6-2-3-8-18-25-26-19(28-18)24-17(27)12-13-5-4-7-15(21)11-13/h4-5,7,9-11,23H,2-3,6,8,12,20-22H2,1H3,(H,24,26,27)/b14-9-,16-10+. The smallest absolute Gasteiger partial charge is 0.230 e. The molecule has 1 aromatic carbocycles. The lowest BCUT2D eigenvalue weighted by molar-refractivity contribution is -0.115. The molecule has 150 valence electrons. The van der Waals surface area contributed by atoms with Gasteiger partial charge in [0.2, 0.25) is 11.0 Å². The summed E-state index contributed by atoms with van der Waals surface area (Å²) in [6.45, 7) is 0. The number of anilines is 2. The molecule has 0 spiro atoms. The number of unbranched alkanes of at least 4 members (excludes halogenated alkanes) is 1. The minimum Gasteiger partial charge on any atom is -0.402 e. The van der Waals surface area contributed by atoms with E-state index in [1.807, 2.05) is 18.2 Å². The number of hydrogen-bond acceptors (Lipinski definition) is 8. The Morgan fingerprint density at radius 1 is 1.21 bits per heavy atom. The topological polar surface area (TPSA) is 145 Å². The molecule has 28 heavy (non-hydrogen) atoms. The first-order valence-corrected chi connectivity index (χ1v) is 9.84. The van der Waals surface area contributed by atoms with Gasteiger partial charge in [0.1, 0.15) is 5.01 Å². The Kier molecular flexibility index (Phi) is 8.29. The van der Waals surface area contributed by atoms with Gasteiger partial charge in [0.15, 0.2) is 0 Å². The number of amides is 1. The molecular weight excluding hydrogens is 374 g/mol. The molecule has 0 aliphatic rings. The summed E-state index contributed by atoms with van der Waals surface area (Å²) in [4.78, 5) is 12.1. The number of allylic oxidation sites excluding steroid dienone is 3. The van der Waals surface area contributed by atoms with E-state index in [0.717, 1.165) is 42.0 Å². The van der Waals surface area contributed by atoms with Gasteiger partial charge in [0.25, 0.3) is 0 Å². The van der Waals surface area contributed by atoms with Crippen molar-refractivity contribution in [2.45, 2.75) is 32.1 Å². The molecule has 9 heteroatoms. The Morgan fingerprint density at radius 3 is 2.79 bits per heavy atom. The van der Waals surface area contributed by atoms with E-state index in [1.165, 1.54) is 11.3 Å². The van der Waals surface area contributed by atoms with Gasteiger partial charge in [-0.15, -0.1) is 10.2 Å². The van der Waals surface area contributed by atoms with Crippen LogP contribution in [-0.4, -0.2) is 23.2 Å². The van der Waals surface area contributed by atoms with Crippen molar-refractivity contribution in [2.75, 3.05) is 18.1 Å². The second-order valence-electron chi connectivity index (χ2n) is 6.29. The van der Waals surface area contributed by atoms with Crippen LogP contribution in [0.15, 0.2) is 47.9 Å². The zero-order valence-corrected chi connectivity index (χ0v) is 16.8. The van der Waals surface area contributed by atoms with Crippen LogP contribution in [0.5, 0.6) is 0 Å². The van der Waals surface area contributed by atoms with Crippen molar-refractivity contribution in [2.24, 2.45) is 11.5 Å². The zero-order valence-electron chi connectivity index (χ0n) is 15.9. The lowest BCUT2D eigenvalue weighted by Crippen LogP contribution is -2.14. The van der Waals surface area contributed by atoms with Gasteiger partial charge in [-0.25, -0.2) is 0 Å². The van der Waals surface area contributed by atoms with Crippen LogP contribution < -0.4 is 27.8 Å². The van der Waals surface area contributed by atoms with Crippen molar-refractivity contribution in [1.82, 2.24) is 15.5 Å². The van der Waals surface area contributed by atoms with E-state index in [9.17, 15) is 4.79 Å². The molecular formula is C19H27N7OS. The van der Waals surface area contributed by atoms with Crippen LogP contribution in [0, 0.1) is 0 Å². The number of nitrogens with one attached hydrogen (secondary N) is 2. The summed E-state index contributed by atoms with van der Waals surface area (Å²) in [7, 11) is 1.76. The predicted molar refractivity (Wildman–Crippen MR) is 114 cm³/mol. The van der Waals surface area contributed by atoms with Crippen LogP contribution in [0.2, 0.25) is 0 Å². The van der Waals surface area contributed by atoms with Crippen LogP contribution in [0.1, 0.15) is 29.8 Å². The lowest BCUT2D eigenvalue weighted by atomic mass is 10.1. The number of benzene rings is 1. The number of carbonyl (C=O) groups is 1. The van der Waals surface area contributed by atoms with Gasteiger partial charge in [0, 0.05) is 24.9 Å². The van der Waals surface area contributed by atoms with E-state index in [0.29, 0.717) is 16.6 Å². The van der Waals surface area contributed by atoms with Crippen LogP contribution in [-0.2, 0) is 17.6 Å². The van der Waals surface area contributed by atoms with Crippen LogP contribution in [0.4, 0.5) is 10.8 Å². The highest BCUT2D eigenvalue weighted by Gasteiger charge is 2.09. The molecule has 0 aliphatic heterocycles. The van der Waals surface area contributed by atoms with E-state index in [-0.39, 0.29) is 12.3 Å². The second kappa shape index (κ2) is 10.9. The molecule has 1 amide bonds. The summed E-state index contributed by atoms with van der Waals surface area (Å²) in [6.07, 6.45) is 7.26. The third-order valence-corrected chi connectivity index (χ3v) is 4.80. The largest absolute Gasteiger partial charge is 0.402 e. The number of nitrogen functional groups attached to an aromatic ring is 1. The monoisotopic (exact) mass is 401 g/mol. The number of nitrogens with zero attached hydrogens (tertiary/aromatic N) is 2. The van der Waals surface area contributed by atoms with Gasteiger partial charge in [0.05, 0.1) is 12.2 Å². The fourth-order valence-electron chi connectivity index (χ4n) is 2.43. The quantitative estimate of drug-likeness (QED) is 0.232. The number of rotatable bonds is 10. The fourth-order valence-corrected chi connectivity index (χ4v) is 3.22. The van der Waals surface area contributed by atoms with Gasteiger partial charge in [-0.3, -0.25) is 4.79 Å². The second-order valence-corrected chi connectivity index (χ2v) is 7.35. The Balaban J connectivity index is 1.72. The zero-order chi connectivity index (χ0) is 20.4. The van der Waals surface area contributed by atoms with E-state index in [2.05, 4.69) is 20.8 Å². The van der Waals surface area contributed by atoms with Crippen molar-refractivity contribution >= 4 is 28.1 Å². The van der Waals surface area contributed by atoms with E-state index < -0.39 is 0 Å². The lowest BCUT2D eigenvalue weighted by Gasteiger charge is -2.02. The fraction of sp³-hybridized carbons (Fsp3) is 0.316. The first-order valence-electron chi connectivity index (χ1n) is 9.02. The molecule has 0 fully saturated rings. The highest BCUT2D eigenvalue weighted by atomic mass is 32.1. The summed E-state index contributed by atoms with van der Waals surface area (Å²) >= 11 is 1.39. The van der Waals surface area contributed by atoms with E-state index in [4.69, 9.17) is 17.2 Å². The Morgan fingerprint density at radius 2 is 2.04 bits per heavy atom. The molecule has 0 saturated heterocycles. The first kappa shape index (κ1) is 21.2. The minimum atomic E-state index is -0.139. The Hall–Kier alpha value is -3.07. The normalized spacial score (nSPS) is 12.0. The van der Waals surface area contributed by atoms with Gasteiger partial charge < -0.3 is 27.8 Å². The highest BCUT2D eigenvalue weighted by Crippen LogP contribution is 2.18. The molecule has 0 bridgehead atoms. The number of aromatic nitrogens is 2. The molecule has 1 heterocycles. The van der Waals surface area contributed by atoms with Crippen molar-refractivity contribution in [1.29, 1.82) is 0 Å². The maximum Gasteiger partial charge on any atom is 0.230 e. The average Bonchev–Trinajstić information content (AvgIpc) is 3.10. The van der Waals surface area contributed by atoms with Gasteiger partial charge >= 0.3 is 0 Å². The summed E-state index contributed by atoms with van der Waals surface area (Å²) in [5.74, 6) is 0.433. The van der Waals surface area contributed by atoms with Gasteiger partial charge in [-0.2, -0.15) is 0 Å². The molecule has 0 atom stereocenters. The van der Waals surface area contributed by atoms with Gasteiger partial charge in [-0.05, 0) is 49.1 Å². The number of hydrogen-bond donors (Lipinski definition) is 5. The molecule has 0 radical (unpaired) electrons. The molecule has 8 nitrogen and oxygen atoms in total. The summed E-state index contributed by atoms with van der Waals surface area (Å²) in [5, 5.41) is 15.2. The molecule has 0 unspecified atom stereocenters.